The fraction of sp³-hybridized carbons (Fsp3) is 0.545. The van der Waals surface area contributed by atoms with Crippen molar-refractivity contribution in [1.82, 2.24) is 9.97 Å². The maximum atomic E-state index is 10.9. The van der Waals surface area contributed by atoms with Crippen molar-refractivity contribution in [3.8, 4) is 0 Å². The van der Waals surface area contributed by atoms with Crippen LogP contribution in [-0.2, 0) is 0 Å². The van der Waals surface area contributed by atoms with Crippen LogP contribution in [0, 0.1) is 6.92 Å². The number of hydrogen-bond donors (Lipinski definition) is 1. The third kappa shape index (κ3) is 2.52. The number of anilines is 1. The SMILES string of the molecule is Cc1nc(N(C)C2CCSC2)ncc1C(=O)O. The van der Waals surface area contributed by atoms with Gasteiger partial charge in [0.05, 0.1) is 11.3 Å². The molecule has 92 valence electrons. The number of aryl methyl sites for hydroxylation is 1. The Morgan fingerprint density at radius 1 is 1.65 bits per heavy atom. The minimum absolute atomic E-state index is 0.169. The Morgan fingerprint density at radius 2 is 2.41 bits per heavy atom. The molecule has 0 saturated carbocycles. The molecule has 17 heavy (non-hydrogen) atoms. The molecular formula is C11H15N3O2S. The first-order valence-electron chi connectivity index (χ1n) is 5.47. The smallest absolute Gasteiger partial charge is 0.339 e. The third-order valence-electron chi connectivity index (χ3n) is 2.97. The highest BCUT2D eigenvalue weighted by Crippen LogP contribution is 2.24. The van der Waals surface area contributed by atoms with Crippen LogP contribution < -0.4 is 4.90 Å². The number of hydrogen-bond acceptors (Lipinski definition) is 5. The number of carboxylic acids is 1. The number of nitrogens with zero attached hydrogens (tertiary/aromatic N) is 3. The van der Waals surface area contributed by atoms with E-state index in [4.69, 9.17) is 5.11 Å². The number of aromatic carboxylic acids is 1. The predicted octanol–water partition coefficient (Wildman–Crippen LogP) is 1.42. The van der Waals surface area contributed by atoms with Gasteiger partial charge in [-0.3, -0.25) is 0 Å². The highest BCUT2D eigenvalue weighted by molar-refractivity contribution is 7.99. The molecule has 6 heteroatoms. The Labute approximate surface area is 104 Å². The first-order valence-corrected chi connectivity index (χ1v) is 6.62. The molecule has 1 saturated heterocycles. The van der Waals surface area contributed by atoms with Crippen molar-refractivity contribution in [3.63, 3.8) is 0 Å². The zero-order valence-corrected chi connectivity index (χ0v) is 10.7. The number of thioether (sulfide) groups is 1. The molecule has 2 heterocycles. The maximum absolute atomic E-state index is 10.9. The highest BCUT2D eigenvalue weighted by atomic mass is 32.2. The fourth-order valence-electron chi connectivity index (χ4n) is 1.83. The van der Waals surface area contributed by atoms with Gasteiger partial charge in [-0.15, -0.1) is 0 Å². The molecule has 1 aliphatic heterocycles. The standard InChI is InChI=1S/C11H15N3O2S/c1-7-9(10(15)16)5-12-11(13-7)14(2)8-3-4-17-6-8/h5,8H,3-4,6H2,1-2H3,(H,15,16). The molecule has 0 bridgehead atoms. The maximum Gasteiger partial charge on any atom is 0.339 e. The van der Waals surface area contributed by atoms with Gasteiger partial charge in [0.25, 0.3) is 0 Å². The van der Waals surface area contributed by atoms with Crippen molar-refractivity contribution >= 4 is 23.7 Å². The molecule has 5 nitrogen and oxygen atoms in total. The van der Waals surface area contributed by atoms with E-state index in [2.05, 4.69) is 9.97 Å². The van der Waals surface area contributed by atoms with Crippen LogP contribution in [0.2, 0.25) is 0 Å². The molecule has 1 atom stereocenters. The van der Waals surface area contributed by atoms with Gasteiger partial charge in [-0.2, -0.15) is 11.8 Å². The van der Waals surface area contributed by atoms with Crippen LogP contribution in [-0.4, -0.2) is 45.6 Å². The van der Waals surface area contributed by atoms with Crippen LogP contribution in [0.15, 0.2) is 6.20 Å². The Bertz CT molecular complexity index is 433. The van der Waals surface area contributed by atoms with Gasteiger partial charge in [0.1, 0.15) is 0 Å². The van der Waals surface area contributed by atoms with Gasteiger partial charge < -0.3 is 10.0 Å². The molecule has 1 aromatic rings. The van der Waals surface area contributed by atoms with Gasteiger partial charge in [0, 0.05) is 25.0 Å². The molecule has 2 rings (SSSR count). The van der Waals surface area contributed by atoms with Crippen molar-refractivity contribution in [2.75, 3.05) is 23.5 Å². The van der Waals surface area contributed by atoms with E-state index in [0.29, 0.717) is 17.7 Å². The summed E-state index contributed by atoms with van der Waals surface area (Å²) in [6.45, 7) is 1.70. The fourth-order valence-corrected chi connectivity index (χ4v) is 3.09. The lowest BCUT2D eigenvalue weighted by Crippen LogP contribution is -2.33. The first kappa shape index (κ1) is 12.2. The molecule has 1 unspecified atom stereocenters. The van der Waals surface area contributed by atoms with Gasteiger partial charge in [-0.25, -0.2) is 14.8 Å². The van der Waals surface area contributed by atoms with Gasteiger partial charge in [-0.1, -0.05) is 0 Å². The average molecular weight is 253 g/mol. The van der Waals surface area contributed by atoms with Gasteiger partial charge >= 0.3 is 5.97 Å². The summed E-state index contributed by atoms with van der Waals surface area (Å²) < 4.78 is 0. The number of aromatic nitrogens is 2. The van der Waals surface area contributed by atoms with E-state index in [-0.39, 0.29) is 5.56 Å². The Morgan fingerprint density at radius 3 is 2.94 bits per heavy atom. The van der Waals surface area contributed by atoms with Crippen molar-refractivity contribution in [3.05, 3.63) is 17.5 Å². The third-order valence-corrected chi connectivity index (χ3v) is 4.11. The van der Waals surface area contributed by atoms with E-state index in [1.807, 2.05) is 23.7 Å². The van der Waals surface area contributed by atoms with E-state index in [1.165, 1.54) is 11.9 Å². The molecule has 0 spiro atoms. The van der Waals surface area contributed by atoms with Gasteiger partial charge in [0.15, 0.2) is 0 Å². The first-order chi connectivity index (χ1) is 8.09. The van der Waals surface area contributed by atoms with Crippen molar-refractivity contribution in [1.29, 1.82) is 0 Å². The highest BCUT2D eigenvalue weighted by Gasteiger charge is 2.22. The predicted molar refractivity (Wildman–Crippen MR) is 67.9 cm³/mol. The van der Waals surface area contributed by atoms with Crippen molar-refractivity contribution in [2.45, 2.75) is 19.4 Å². The summed E-state index contributed by atoms with van der Waals surface area (Å²) in [6, 6.07) is 0.454. The van der Waals surface area contributed by atoms with Crippen LogP contribution in [0.1, 0.15) is 22.5 Å². The summed E-state index contributed by atoms with van der Waals surface area (Å²) in [4.78, 5) is 21.3. The second-order valence-corrected chi connectivity index (χ2v) is 5.25. The van der Waals surface area contributed by atoms with Gasteiger partial charge in [-0.05, 0) is 19.1 Å². The summed E-state index contributed by atoms with van der Waals surface area (Å²) in [6.07, 6.45) is 2.52. The zero-order chi connectivity index (χ0) is 12.4. The lowest BCUT2D eigenvalue weighted by molar-refractivity contribution is 0.0695. The lowest BCUT2D eigenvalue weighted by Gasteiger charge is -2.23. The second kappa shape index (κ2) is 4.91. The van der Waals surface area contributed by atoms with Crippen LogP contribution in [0.25, 0.3) is 0 Å². The topological polar surface area (TPSA) is 66.3 Å². The normalized spacial score (nSPS) is 19.3. The summed E-state index contributed by atoms with van der Waals surface area (Å²) in [5, 5.41) is 8.91. The number of rotatable bonds is 3. The molecule has 0 aliphatic carbocycles. The van der Waals surface area contributed by atoms with Crippen LogP contribution in [0.5, 0.6) is 0 Å². The largest absolute Gasteiger partial charge is 0.478 e. The summed E-state index contributed by atoms with van der Waals surface area (Å²) in [5.41, 5.74) is 0.683. The molecule has 1 fully saturated rings. The van der Waals surface area contributed by atoms with Crippen molar-refractivity contribution < 1.29 is 9.90 Å². The Kier molecular flexibility index (Phi) is 3.51. The molecule has 1 N–H and O–H groups in total. The second-order valence-electron chi connectivity index (χ2n) is 4.10. The minimum atomic E-state index is -0.979. The molecule has 0 radical (unpaired) electrons. The van der Waals surface area contributed by atoms with Crippen LogP contribution in [0.3, 0.4) is 0 Å². The quantitative estimate of drug-likeness (QED) is 0.879. The Balaban J connectivity index is 2.21. The molecular weight excluding hydrogens is 238 g/mol. The minimum Gasteiger partial charge on any atom is -0.478 e. The van der Waals surface area contributed by atoms with Gasteiger partial charge in [0.2, 0.25) is 5.95 Å². The molecule has 0 amide bonds. The van der Waals surface area contributed by atoms with E-state index in [1.54, 1.807) is 6.92 Å². The lowest BCUT2D eigenvalue weighted by atomic mass is 10.2. The monoisotopic (exact) mass is 253 g/mol. The summed E-state index contributed by atoms with van der Waals surface area (Å²) >= 11 is 1.93. The molecule has 0 aromatic carbocycles. The van der Waals surface area contributed by atoms with E-state index in [9.17, 15) is 4.79 Å². The summed E-state index contributed by atoms with van der Waals surface area (Å²) in [5.74, 6) is 1.88. The molecule has 1 aromatic heterocycles. The van der Waals surface area contributed by atoms with E-state index in [0.717, 1.165) is 12.2 Å². The van der Waals surface area contributed by atoms with Crippen LogP contribution in [0.4, 0.5) is 5.95 Å². The molecule has 1 aliphatic rings. The summed E-state index contributed by atoms with van der Waals surface area (Å²) in [7, 11) is 1.96. The number of carbonyl (C=O) groups is 1. The Hall–Kier alpha value is -1.30. The zero-order valence-electron chi connectivity index (χ0n) is 9.88. The van der Waals surface area contributed by atoms with Crippen LogP contribution >= 0.6 is 11.8 Å². The average Bonchev–Trinajstić information content (AvgIpc) is 2.80. The van der Waals surface area contributed by atoms with Crippen molar-refractivity contribution in [2.24, 2.45) is 0 Å². The van der Waals surface area contributed by atoms with E-state index >= 15 is 0 Å². The number of carboxylic acid groups (broad SMARTS) is 1. The van der Waals surface area contributed by atoms with E-state index < -0.39 is 5.97 Å².